The fourth-order valence-corrected chi connectivity index (χ4v) is 7.26. The zero-order chi connectivity index (χ0) is 23.5. The molecule has 2 saturated heterocycles. The van der Waals surface area contributed by atoms with Crippen LogP contribution >= 0.6 is 7.60 Å². The Morgan fingerprint density at radius 2 is 1.91 bits per heavy atom. The van der Waals surface area contributed by atoms with Gasteiger partial charge in [0, 0.05) is 18.7 Å². The van der Waals surface area contributed by atoms with E-state index in [2.05, 4.69) is 4.98 Å². The quantitative estimate of drug-likeness (QED) is 0.436. The summed E-state index contributed by atoms with van der Waals surface area (Å²) in [5, 5.41) is 10.3. The summed E-state index contributed by atoms with van der Waals surface area (Å²) in [5.74, 6) is -0.888. The van der Waals surface area contributed by atoms with E-state index in [1.807, 2.05) is 27.7 Å². The highest BCUT2D eigenvalue weighted by Crippen LogP contribution is 2.80. The highest BCUT2D eigenvalue weighted by molar-refractivity contribution is 7.61. The topological polar surface area (TPSA) is 132 Å². The molecule has 10 nitrogen and oxygen atoms in total. The molecule has 0 aromatic carbocycles. The van der Waals surface area contributed by atoms with Gasteiger partial charge in [0.15, 0.2) is 5.79 Å². The molecular weight excluding hydrogens is 439 g/mol. The van der Waals surface area contributed by atoms with Crippen LogP contribution in [0, 0.1) is 5.92 Å². The van der Waals surface area contributed by atoms with Crippen molar-refractivity contribution in [2.75, 3.05) is 0 Å². The first-order valence-electron chi connectivity index (χ1n) is 11.3. The van der Waals surface area contributed by atoms with Gasteiger partial charge in [0.1, 0.15) is 6.10 Å². The average molecular weight is 472 g/mol. The van der Waals surface area contributed by atoms with Crippen molar-refractivity contribution in [2.24, 2.45) is 5.92 Å². The van der Waals surface area contributed by atoms with Crippen molar-refractivity contribution < 1.29 is 28.2 Å². The number of ether oxygens (including phenoxy) is 2. The van der Waals surface area contributed by atoms with E-state index >= 15 is 0 Å². The van der Waals surface area contributed by atoms with E-state index < -0.39 is 35.8 Å². The van der Waals surface area contributed by atoms with E-state index in [4.69, 9.17) is 18.5 Å². The molecule has 1 aromatic heterocycles. The number of aromatic nitrogens is 2. The molecule has 1 aliphatic carbocycles. The predicted octanol–water partition coefficient (Wildman–Crippen LogP) is 2.86. The van der Waals surface area contributed by atoms with Gasteiger partial charge in [0.25, 0.3) is 11.1 Å². The smallest absolute Gasteiger partial charge is 0.356 e. The first-order chi connectivity index (χ1) is 14.9. The highest BCUT2D eigenvalue weighted by atomic mass is 31.2. The van der Waals surface area contributed by atoms with E-state index in [1.54, 1.807) is 6.92 Å². The van der Waals surface area contributed by atoms with E-state index in [1.165, 1.54) is 16.8 Å². The third kappa shape index (κ3) is 3.95. The van der Waals surface area contributed by atoms with Gasteiger partial charge < -0.3 is 14.6 Å². The summed E-state index contributed by atoms with van der Waals surface area (Å²) in [6.07, 6.45) is 3.18. The van der Waals surface area contributed by atoms with Crippen molar-refractivity contribution in [3.05, 3.63) is 33.1 Å². The molecule has 6 unspecified atom stereocenters. The van der Waals surface area contributed by atoms with Gasteiger partial charge in [-0.3, -0.25) is 28.0 Å². The van der Waals surface area contributed by atoms with Crippen LogP contribution in [0.5, 0.6) is 0 Å². The molecule has 32 heavy (non-hydrogen) atoms. The molecule has 180 valence electrons. The summed E-state index contributed by atoms with van der Waals surface area (Å²) in [5.41, 5.74) is -3.44. The van der Waals surface area contributed by atoms with Gasteiger partial charge in [0.2, 0.25) is 0 Å². The molecule has 1 aromatic rings. The van der Waals surface area contributed by atoms with Crippen LogP contribution in [-0.2, 0) is 23.1 Å². The summed E-state index contributed by atoms with van der Waals surface area (Å²) in [7, 11) is -3.60. The van der Waals surface area contributed by atoms with E-state index in [-0.39, 0.29) is 30.6 Å². The maximum absolute atomic E-state index is 13.0. The maximum Gasteiger partial charge on any atom is 0.393 e. The third-order valence-corrected chi connectivity index (χ3v) is 9.39. The van der Waals surface area contributed by atoms with Gasteiger partial charge in [0.05, 0.1) is 17.7 Å². The van der Waals surface area contributed by atoms with Crippen LogP contribution in [0.15, 0.2) is 21.9 Å². The number of nitrogens with one attached hydrogen (secondary N) is 1. The first kappa shape index (κ1) is 23.9. The molecule has 1 saturated carbocycles. The molecule has 6 atom stereocenters. The Balaban J connectivity index is 1.62. The predicted molar refractivity (Wildman–Crippen MR) is 115 cm³/mol. The number of aromatic amines is 1. The lowest BCUT2D eigenvalue weighted by Crippen LogP contribution is -2.37. The first-order valence-corrected chi connectivity index (χ1v) is 12.9. The largest absolute Gasteiger partial charge is 0.393 e. The number of fused-ring (bicyclic) bond motifs is 1. The van der Waals surface area contributed by atoms with Gasteiger partial charge in [-0.15, -0.1) is 0 Å². The summed E-state index contributed by atoms with van der Waals surface area (Å²) in [4.78, 5) is 26.3. The number of nitrogens with zero attached hydrogens (tertiary/aromatic N) is 1. The number of hydrogen-bond acceptors (Lipinski definition) is 8. The second-order valence-corrected chi connectivity index (χ2v) is 11.6. The molecule has 0 bridgehead atoms. The molecule has 4 rings (SSSR count). The number of H-pyrrole nitrogens is 1. The van der Waals surface area contributed by atoms with E-state index in [0.717, 1.165) is 0 Å². The maximum atomic E-state index is 13.0. The monoisotopic (exact) mass is 472 g/mol. The van der Waals surface area contributed by atoms with Crippen molar-refractivity contribution in [2.45, 2.75) is 102 Å². The Morgan fingerprint density at radius 3 is 2.47 bits per heavy atom. The lowest BCUT2D eigenvalue weighted by atomic mass is 9.84. The van der Waals surface area contributed by atoms with Crippen LogP contribution in [0.2, 0.25) is 0 Å². The summed E-state index contributed by atoms with van der Waals surface area (Å²) >= 11 is 0. The van der Waals surface area contributed by atoms with Crippen LogP contribution < -0.4 is 11.2 Å². The molecule has 0 spiro atoms. The minimum atomic E-state index is -3.60. The lowest BCUT2D eigenvalue weighted by molar-refractivity contribution is -0.162. The summed E-state index contributed by atoms with van der Waals surface area (Å²) in [6, 6.07) is 0.987. The molecular formula is C21H33N2O8P. The van der Waals surface area contributed by atoms with Crippen LogP contribution in [-0.4, -0.2) is 43.8 Å². The fraction of sp³-hybridized carbons (Fsp3) is 0.810. The van der Waals surface area contributed by atoms with Crippen LogP contribution in [0.3, 0.4) is 0 Å². The average Bonchev–Trinajstić information content (AvgIpc) is 2.95. The minimum Gasteiger partial charge on any atom is -0.356 e. The number of aliphatic hydroxyl groups is 1. The second-order valence-electron chi connectivity index (χ2n) is 9.52. The summed E-state index contributed by atoms with van der Waals surface area (Å²) in [6.45, 7) is 9.27. The molecule has 3 heterocycles. The van der Waals surface area contributed by atoms with Gasteiger partial charge in [-0.25, -0.2) is 4.79 Å². The van der Waals surface area contributed by atoms with Crippen LogP contribution in [0.1, 0.15) is 72.8 Å². The van der Waals surface area contributed by atoms with Crippen molar-refractivity contribution in [1.29, 1.82) is 0 Å². The number of rotatable bonds is 8. The van der Waals surface area contributed by atoms with Crippen molar-refractivity contribution >= 4 is 7.60 Å². The zero-order valence-electron chi connectivity index (χ0n) is 19.2. The number of hydrogen-bond donors (Lipinski definition) is 2. The van der Waals surface area contributed by atoms with E-state index in [0.29, 0.717) is 25.7 Å². The van der Waals surface area contributed by atoms with E-state index in [9.17, 15) is 19.3 Å². The van der Waals surface area contributed by atoms with Crippen LogP contribution in [0.4, 0.5) is 0 Å². The van der Waals surface area contributed by atoms with Gasteiger partial charge in [-0.05, 0) is 45.4 Å². The van der Waals surface area contributed by atoms with Gasteiger partial charge >= 0.3 is 13.3 Å². The van der Waals surface area contributed by atoms with Gasteiger partial charge in [-0.2, -0.15) is 0 Å². The Labute approximate surface area is 186 Å². The Bertz CT molecular complexity index is 1030. The molecule has 2 aliphatic heterocycles. The Kier molecular flexibility index (Phi) is 5.88. The molecule has 0 amide bonds. The molecule has 11 heteroatoms. The minimum absolute atomic E-state index is 0.0632. The molecule has 0 radical (unpaired) electrons. The Hall–Kier alpha value is -1.29. The molecule has 2 N–H and O–H groups in total. The second kappa shape index (κ2) is 7.89. The summed E-state index contributed by atoms with van der Waals surface area (Å²) < 4.78 is 38.1. The van der Waals surface area contributed by atoms with Crippen molar-refractivity contribution in [3.8, 4) is 0 Å². The van der Waals surface area contributed by atoms with Crippen molar-refractivity contribution in [1.82, 2.24) is 9.55 Å². The molecule has 3 fully saturated rings. The van der Waals surface area contributed by atoms with Crippen molar-refractivity contribution in [3.63, 3.8) is 0 Å². The molecule has 3 aliphatic rings. The van der Waals surface area contributed by atoms with Gasteiger partial charge in [-0.1, -0.05) is 20.8 Å². The van der Waals surface area contributed by atoms with Crippen LogP contribution in [0.25, 0.3) is 0 Å². The Morgan fingerprint density at radius 1 is 1.25 bits per heavy atom. The standard InChI is InChI=1S/C21H33N2O8P/c1-6-20(7-2,30-32(27)21(26,8-3)31-32)12-13-11-14(17-16(13)28-19(4,5)29-17)23-10-9-15(24)22-18(23)25/h9-10,13-14,16-17,26H,6-8,11-12H2,1-5H3,(H,22,24,25). The highest BCUT2D eigenvalue weighted by Gasteiger charge is 2.71. The third-order valence-electron chi connectivity index (χ3n) is 7.12. The SMILES string of the molecule is CCC(CC)(CC1CC(n2ccc(=O)[nH]c2=O)C2OC(C)(C)OC12)OP1(=O)OC1(O)CC. The lowest BCUT2D eigenvalue weighted by Gasteiger charge is -2.35. The normalized spacial score (nSPS) is 38.1. The fourth-order valence-electron chi connectivity index (χ4n) is 5.18. The zero-order valence-corrected chi connectivity index (χ0v) is 20.1.